The van der Waals surface area contributed by atoms with Crippen LogP contribution in [-0.2, 0) is 11.2 Å². The molecule has 0 atom stereocenters. The highest BCUT2D eigenvalue weighted by Gasteiger charge is 2.05. The maximum absolute atomic E-state index is 11.8. The van der Waals surface area contributed by atoms with E-state index in [2.05, 4.69) is 5.32 Å². The number of aryl methyl sites for hydroxylation is 1. The number of carbonyl (C=O) groups excluding carboxylic acids is 1. The van der Waals surface area contributed by atoms with Crippen LogP contribution < -0.4 is 15.8 Å². The summed E-state index contributed by atoms with van der Waals surface area (Å²) in [6, 6.07) is 12.4. The van der Waals surface area contributed by atoms with E-state index in [9.17, 15) is 4.79 Å². The minimum Gasteiger partial charge on any atom is -0.484 e. The summed E-state index contributed by atoms with van der Waals surface area (Å²) in [6.07, 6.45) is 0.859. The van der Waals surface area contributed by atoms with Crippen molar-refractivity contribution in [1.82, 2.24) is 0 Å². The molecule has 1 amide bonds. The largest absolute Gasteiger partial charge is 0.484 e. The lowest BCUT2D eigenvalue weighted by molar-refractivity contribution is -0.118. The van der Waals surface area contributed by atoms with Gasteiger partial charge in [-0.25, -0.2) is 0 Å². The molecule has 0 fully saturated rings. The second kappa shape index (κ2) is 6.99. The molecule has 0 aliphatic heterocycles. The van der Waals surface area contributed by atoms with Gasteiger partial charge in [0.15, 0.2) is 6.61 Å². The highest BCUT2D eigenvalue weighted by Crippen LogP contribution is 2.19. The number of nitrogens with two attached hydrogens (primary N) is 1. The van der Waals surface area contributed by atoms with Gasteiger partial charge in [-0.05, 0) is 42.3 Å². The van der Waals surface area contributed by atoms with Crippen LogP contribution in [0.5, 0.6) is 5.75 Å². The fraction of sp³-hybridized carbons (Fsp3) is 0.188. The van der Waals surface area contributed by atoms with Crippen molar-refractivity contribution >= 4 is 28.9 Å². The van der Waals surface area contributed by atoms with Crippen LogP contribution in [0, 0.1) is 0 Å². The van der Waals surface area contributed by atoms with Crippen LogP contribution in [0.2, 0.25) is 5.02 Å². The summed E-state index contributed by atoms with van der Waals surface area (Å²) in [6.45, 7) is 1.94. The summed E-state index contributed by atoms with van der Waals surface area (Å²) in [4.78, 5) is 11.8. The average Bonchev–Trinajstić information content (AvgIpc) is 2.45. The number of benzene rings is 2. The quantitative estimate of drug-likeness (QED) is 0.831. The van der Waals surface area contributed by atoms with Crippen LogP contribution in [0.15, 0.2) is 42.5 Å². The molecular weight excluding hydrogens is 288 g/mol. The monoisotopic (exact) mass is 304 g/mol. The van der Waals surface area contributed by atoms with Crippen molar-refractivity contribution in [2.45, 2.75) is 13.3 Å². The summed E-state index contributed by atoms with van der Waals surface area (Å²) >= 11 is 5.84. The van der Waals surface area contributed by atoms with Gasteiger partial charge >= 0.3 is 0 Å². The van der Waals surface area contributed by atoms with Gasteiger partial charge in [-0.15, -0.1) is 0 Å². The minimum absolute atomic E-state index is 0.0875. The number of carbonyl (C=O) groups is 1. The summed E-state index contributed by atoms with van der Waals surface area (Å²) in [5.41, 5.74) is 8.28. The lowest BCUT2D eigenvalue weighted by Gasteiger charge is -2.09. The zero-order valence-corrected chi connectivity index (χ0v) is 12.5. The molecule has 0 bridgehead atoms. The molecule has 0 aliphatic carbocycles. The van der Waals surface area contributed by atoms with Crippen LogP contribution >= 0.6 is 11.6 Å². The maximum atomic E-state index is 11.8. The summed E-state index contributed by atoms with van der Waals surface area (Å²) < 4.78 is 5.37. The molecule has 21 heavy (non-hydrogen) atoms. The molecule has 0 unspecified atom stereocenters. The van der Waals surface area contributed by atoms with Crippen LogP contribution in [0.4, 0.5) is 11.4 Å². The van der Waals surface area contributed by atoms with E-state index < -0.39 is 0 Å². The normalized spacial score (nSPS) is 10.2. The first-order chi connectivity index (χ1) is 10.1. The van der Waals surface area contributed by atoms with Crippen LogP contribution in [-0.4, -0.2) is 12.5 Å². The Balaban J connectivity index is 1.91. The lowest BCUT2D eigenvalue weighted by atomic mass is 10.1. The number of amides is 1. The number of hydrogen-bond acceptors (Lipinski definition) is 3. The number of nitrogens with one attached hydrogen (secondary N) is 1. The van der Waals surface area contributed by atoms with E-state index in [-0.39, 0.29) is 12.5 Å². The topological polar surface area (TPSA) is 64.3 Å². The molecule has 2 aromatic rings. The lowest BCUT2D eigenvalue weighted by Crippen LogP contribution is -2.20. The molecule has 0 saturated heterocycles. The first-order valence-corrected chi connectivity index (χ1v) is 7.03. The summed E-state index contributed by atoms with van der Waals surface area (Å²) in [5, 5.41) is 3.31. The molecule has 0 aromatic heterocycles. The van der Waals surface area contributed by atoms with Gasteiger partial charge in [0.2, 0.25) is 0 Å². The Kier molecular flexibility index (Phi) is 5.06. The van der Waals surface area contributed by atoms with E-state index in [0.29, 0.717) is 22.1 Å². The van der Waals surface area contributed by atoms with Crippen LogP contribution in [0.3, 0.4) is 0 Å². The number of halogens is 1. The van der Waals surface area contributed by atoms with Crippen LogP contribution in [0.1, 0.15) is 12.5 Å². The molecule has 0 radical (unpaired) electrons. The molecule has 3 N–H and O–H groups in total. The molecule has 2 rings (SSSR count). The highest BCUT2D eigenvalue weighted by atomic mass is 35.5. The van der Waals surface area contributed by atoms with Crippen molar-refractivity contribution in [1.29, 1.82) is 0 Å². The summed E-state index contributed by atoms with van der Waals surface area (Å²) in [7, 11) is 0. The molecule has 4 nitrogen and oxygen atoms in total. The van der Waals surface area contributed by atoms with Gasteiger partial charge in [0.05, 0.1) is 0 Å². The third-order valence-electron chi connectivity index (χ3n) is 2.98. The van der Waals surface area contributed by atoms with E-state index in [0.717, 1.165) is 12.0 Å². The molecule has 110 valence electrons. The predicted octanol–water partition coefficient (Wildman–Crippen LogP) is 3.50. The van der Waals surface area contributed by atoms with Crippen molar-refractivity contribution in [3.63, 3.8) is 0 Å². The second-order valence-corrected chi connectivity index (χ2v) is 5.00. The zero-order chi connectivity index (χ0) is 15.2. The third kappa shape index (κ3) is 4.39. The molecule has 0 aliphatic rings. The minimum atomic E-state index is -0.251. The summed E-state index contributed by atoms with van der Waals surface area (Å²) in [5.74, 6) is 0.303. The first-order valence-electron chi connectivity index (χ1n) is 6.65. The van der Waals surface area contributed by atoms with Crippen molar-refractivity contribution in [2.24, 2.45) is 0 Å². The molecular formula is C16H17ClN2O2. The molecule has 0 heterocycles. The van der Waals surface area contributed by atoms with Crippen molar-refractivity contribution < 1.29 is 9.53 Å². The van der Waals surface area contributed by atoms with Gasteiger partial charge in [0.1, 0.15) is 5.75 Å². The standard InChI is InChI=1S/C16H17ClN2O2/c1-2-11-6-7-13(9-15(11)18)19-16(20)10-21-14-5-3-4-12(17)8-14/h3-9H,2,10,18H2,1H3,(H,19,20). The Labute approximate surface area is 128 Å². The van der Waals surface area contributed by atoms with Gasteiger partial charge in [0, 0.05) is 16.4 Å². The zero-order valence-electron chi connectivity index (χ0n) is 11.7. The molecule has 0 spiro atoms. The number of rotatable bonds is 5. The fourth-order valence-electron chi connectivity index (χ4n) is 1.90. The third-order valence-corrected chi connectivity index (χ3v) is 3.21. The van der Waals surface area contributed by atoms with Gasteiger partial charge < -0.3 is 15.8 Å². The predicted molar refractivity (Wildman–Crippen MR) is 85.8 cm³/mol. The Hall–Kier alpha value is -2.20. The van der Waals surface area contributed by atoms with E-state index in [4.69, 9.17) is 22.1 Å². The maximum Gasteiger partial charge on any atom is 0.262 e. The number of nitrogen functional groups attached to an aromatic ring is 1. The first kappa shape index (κ1) is 15.2. The van der Waals surface area contributed by atoms with Gasteiger partial charge in [0.25, 0.3) is 5.91 Å². The molecule has 0 saturated carbocycles. The number of hydrogen-bond donors (Lipinski definition) is 2. The second-order valence-electron chi connectivity index (χ2n) is 4.56. The molecule has 2 aromatic carbocycles. The highest BCUT2D eigenvalue weighted by molar-refractivity contribution is 6.30. The van der Waals surface area contributed by atoms with E-state index >= 15 is 0 Å². The van der Waals surface area contributed by atoms with Gasteiger partial charge in [-0.3, -0.25) is 4.79 Å². The average molecular weight is 305 g/mol. The van der Waals surface area contributed by atoms with E-state index in [1.54, 1.807) is 30.3 Å². The number of ether oxygens (including phenoxy) is 1. The van der Waals surface area contributed by atoms with E-state index in [1.807, 2.05) is 19.1 Å². The SMILES string of the molecule is CCc1ccc(NC(=O)COc2cccc(Cl)c2)cc1N. The van der Waals surface area contributed by atoms with Gasteiger partial charge in [-0.2, -0.15) is 0 Å². The Morgan fingerprint density at radius 3 is 2.76 bits per heavy atom. The van der Waals surface area contributed by atoms with Gasteiger partial charge in [-0.1, -0.05) is 30.7 Å². The van der Waals surface area contributed by atoms with Crippen molar-refractivity contribution in [2.75, 3.05) is 17.7 Å². The van der Waals surface area contributed by atoms with Crippen molar-refractivity contribution in [3.8, 4) is 5.75 Å². The molecule has 5 heteroatoms. The fourth-order valence-corrected chi connectivity index (χ4v) is 2.08. The Morgan fingerprint density at radius 2 is 2.10 bits per heavy atom. The van der Waals surface area contributed by atoms with E-state index in [1.165, 1.54) is 0 Å². The van der Waals surface area contributed by atoms with Crippen LogP contribution in [0.25, 0.3) is 0 Å². The smallest absolute Gasteiger partial charge is 0.262 e. The Morgan fingerprint density at radius 1 is 1.29 bits per heavy atom. The number of anilines is 2. The Bertz CT molecular complexity index is 644. The van der Waals surface area contributed by atoms with Crippen molar-refractivity contribution in [3.05, 3.63) is 53.1 Å².